The Morgan fingerprint density at radius 1 is 0.377 bits per heavy atom. The van der Waals surface area contributed by atoms with E-state index in [1.807, 2.05) is 0 Å². The molecule has 2 nitrogen and oxygen atoms in total. The lowest BCUT2D eigenvalue weighted by Gasteiger charge is -2.19. The predicted octanol–water partition coefficient (Wildman–Crippen LogP) is 14.6. The van der Waals surface area contributed by atoms with Crippen LogP contribution in [0, 0.1) is 6.92 Å². The van der Waals surface area contributed by atoms with Gasteiger partial charge < -0.3 is 9.73 Å². The monoisotopic (exact) mass is 677 g/mol. The van der Waals surface area contributed by atoms with Crippen molar-refractivity contribution in [1.29, 1.82) is 0 Å². The standard InChI is InChI=1S/C51H35NO/c1-33-11-9-19-45-46-20-10-18-43(51(46)53-50(33)45)36-23-27-41(28-24-36)52-48-30-26-40(39-22-21-34-12-5-6-16-38(34)31-39)32-47(48)44-29-25-35-13-7-8-17-42(35)49(44)37-14-3-2-4-15-37/h2-32,52H,1H3. The van der Waals surface area contributed by atoms with Crippen LogP contribution in [0.3, 0.4) is 0 Å². The average molecular weight is 678 g/mol. The van der Waals surface area contributed by atoms with Gasteiger partial charge in [-0.05, 0) is 97.7 Å². The molecule has 0 aliphatic carbocycles. The number of para-hydroxylation sites is 2. The third-order valence-electron chi connectivity index (χ3n) is 10.6. The molecule has 0 spiro atoms. The summed E-state index contributed by atoms with van der Waals surface area (Å²) in [5, 5.41) is 11.1. The summed E-state index contributed by atoms with van der Waals surface area (Å²) in [6.07, 6.45) is 0. The van der Waals surface area contributed by atoms with E-state index in [-0.39, 0.29) is 0 Å². The summed E-state index contributed by atoms with van der Waals surface area (Å²) < 4.78 is 6.49. The van der Waals surface area contributed by atoms with E-state index in [0.717, 1.165) is 55.6 Å². The van der Waals surface area contributed by atoms with Gasteiger partial charge >= 0.3 is 0 Å². The molecule has 53 heavy (non-hydrogen) atoms. The largest absolute Gasteiger partial charge is 0.455 e. The van der Waals surface area contributed by atoms with Gasteiger partial charge in [-0.2, -0.15) is 0 Å². The zero-order chi connectivity index (χ0) is 35.3. The van der Waals surface area contributed by atoms with Crippen LogP contribution in [0.4, 0.5) is 11.4 Å². The van der Waals surface area contributed by atoms with Crippen LogP contribution < -0.4 is 5.32 Å². The Morgan fingerprint density at radius 3 is 1.87 bits per heavy atom. The van der Waals surface area contributed by atoms with E-state index in [1.54, 1.807) is 0 Å². The molecule has 2 heteroatoms. The van der Waals surface area contributed by atoms with E-state index in [9.17, 15) is 0 Å². The van der Waals surface area contributed by atoms with Crippen LogP contribution in [0.25, 0.3) is 88.0 Å². The van der Waals surface area contributed by atoms with Crippen LogP contribution in [0.15, 0.2) is 192 Å². The zero-order valence-electron chi connectivity index (χ0n) is 29.3. The van der Waals surface area contributed by atoms with Crippen molar-refractivity contribution >= 4 is 54.9 Å². The molecule has 0 radical (unpaired) electrons. The molecule has 9 aromatic carbocycles. The number of hydrogen-bond donors (Lipinski definition) is 1. The van der Waals surface area contributed by atoms with Crippen LogP contribution in [0.2, 0.25) is 0 Å². The highest BCUT2D eigenvalue weighted by Crippen LogP contribution is 2.44. The van der Waals surface area contributed by atoms with Crippen LogP contribution in [0.5, 0.6) is 0 Å². The molecule has 250 valence electrons. The summed E-state index contributed by atoms with van der Waals surface area (Å²) in [6, 6.07) is 67.6. The van der Waals surface area contributed by atoms with Crippen LogP contribution >= 0.6 is 0 Å². The number of hydrogen-bond acceptors (Lipinski definition) is 2. The first-order chi connectivity index (χ1) is 26.2. The number of benzene rings is 9. The topological polar surface area (TPSA) is 25.2 Å². The normalized spacial score (nSPS) is 11.5. The molecule has 1 heterocycles. The number of nitrogens with one attached hydrogen (secondary N) is 1. The van der Waals surface area contributed by atoms with Crippen molar-refractivity contribution in [3.05, 3.63) is 194 Å². The second-order valence-corrected chi connectivity index (χ2v) is 13.8. The third-order valence-corrected chi connectivity index (χ3v) is 10.6. The van der Waals surface area contributed by atoms with E-state index < -0.39 is 0 Å². The van der Waals surface area contributed by atoms with Crippen LogP contribution in [-0.4, -0.2) is 0 Å². The van der Waals surface area contributed by atoms with Gasteiger partial charge in [0, 0.05) is 33.3 Å². The molecule has 10 aromatic rings. The van der Waals surface area contributed by atoms with E-state index in [2.05, 4.69) is 200 Å². The van der Waals surface area contributed by atoms with Gasteiger partial charge in [0.15, 0.2) is 0 Å². The third kappa shape index (κ3) is 5.44. The molecular weight excluding hydrogens is 643 g/mol. The fourth-order valence-corrected chi connectivity index (χ4v) is 7.91. The molecule has 1 N–H and O–H groups in total. The van der Waals surface area contributed by atoms with Gasteiger partial charge in [-0.15, -0.1) is 0 Å². The van der Waals surface area contributed by atoms with Crippen molar-refractivity contribution < 1.29 is 4.42 Å². The Labute approximate surface area is 308 Å². The summed E-state index contributed by atoms with van der Waals surface area (Å²) in [5.41, 5.74) is 14.4. The van der Waals surface area contributed by atoms with Crippen molar-refractivity contribution in [2.45, 2.75) is 6.92 Å². The van der Waals surface area contributed by atoms with E-state index in [1.165, 1.54) is 49.4 Å². The Morgan fingerprint density at radius 2 is 1.02 bits per heavy atom. The van der Waals surface area contributed by atoms with Crippen LogP contribution in [-0.2, 0) is 0 Å². The van der Waals surface area contributed by atoms with Crippen molar-refractivity contribution in [2.75, 3.05) is 5.32 Å². The minimum absolute atomic E-state index is 0.925. The van der Waals surface area contributed by atoms with E-state index in [0.29, 0.717) is 0 Å². The summed E-state index contributed by atoms with van der Waals surface area (Å²) in [6.45, 7) is 2.11. The first kappa shape index (κ1) is 30.9. The van der Waals surface area contributed by atoms with E-state index in [4.69, 9.17) is 4.42 Å². The fraction of sp³-hybridized carbons (Fsp3) is 0.0196. The molecule has 0 amide bonds. The maximum atomic E-state index is 6.49. The molecule has 0 aliphatic rings. The second-order valence-electron chi connectivity index (χ2n) is 13.8. The Bertz CT molecular complexity index is 2970. The number of aryl methyl sites for hydroxylation is 1. The smallest absolute Gasteiger partial charge is 0.143 e. The summed E-state index contributed by atoms with van der Waals surface area (Å²) >= 11 is 0. The molecule has 1 aromatic heterocycles. The van der Waals surface area contributed by atoms with Gasteiger partial charge in [0.05, 0.1) is 0 Å². The molecule has 0 aliphatic heterocycles. The molecular formula is C51H35NO. The van der Waals surface area contributed by atoms with Gasteiger partial charge in [0.1, 0.15) is 11.2 Å². The minimum Gasteiger partial charge on any atom is -0.455 e. The van der Waals surface area contributed by atoms with Crippen molar-refractivity contribution in [3.8, 4) is 44.5 Å². The van der Waals surface area contributed by atoms with Crippen molar-refractivity contribution in [2.24, 2.45) is 0 Å². The SMILES string of the molecule is Cc1cccc2c1oc1c(-c3ccc(Nc4ccc(-c5ccc6ccccc6c5)cc4-c4ccc5ccccc5c4-c4ccccc4)cc3)cccc12. The maximum absolute atomic E-state index is 6.49. The number of furan rings is 1. The quantitative estimate of drug-likeness (QED) is 0.189. The lowest BCUT2D eigenvalue weighted by atomic mass is 9.87. The fourth-order valence-electron chi connectivity index (χ4n) is 7.91. The molecule has 0 unspecified atom stereocenters. The summed E-state index contributed by atoms with van der Waals surface area (Å²) in [4.78, 5) is 0. The molecule has 0 atom stereocenters. The van der Waals surface area contributed by atoms with Crippen LogP contribution in [0.1, 0.15) is 5.56 Å². The Balaban J connectivity index is 1.10. The first-order valence-corrected chi connectivity index (χ1v) is 18.2. The zero-order valence-corrected chi connectivity index (χ0v) is 29.3. The number of fused-ring (bicyclic) bond motifs is 5. The minimum atomic E-state index is 0.925. The van der Waals surface area contributed by atoms with Gasteiger partial charge in [-0.3, -0.25) is 0 Å². The lowest BCUT2D eigenvalue weighted by molar-refractivity contribution is 0.667. The molecule has 10 rings (SSSR count). The Hall–Kier alpha value is -6.90. The van der Waals surface area contributed by atoms with Crippen molar-refractivity contribution in [3.63, 3.8) is 0 Å². The maximum Gasteiger partial charge on any atom is 0.143 e. The second kappa shape index (κ2) is 12.7. The first-order valence-electron chi connectivity index (χ1n) is 18.2. The summed E-state index contributed by atoms with van der Waals surface area (Å²) in [5.74, 6) is 0. The van der Waals surface area contributed by atoms with Gasteiger partial charge in [0.2, 0.25) is 0 Å². The number of anilines is 2. The highest BCUT2D eigenvalue weighted by Gasteiger charge is 2.17. The van der Waals surface area contributed by atoms with Crippen molar-refractivity contribution in [1.82, 2.24) is 0 Å². The Kier molecular flexibility index (Phi) is 7.40. The highest BCUT2D eigenvalue weighted by atomic mass is 16.3. The summed E-state index contributed by atoms with van der Waals surface area (Å²) in [7, 11) is 0. The molecule has 0 saturated carbocycles. The van der Waals surface area contributed by atoms with Gasteiger partial charge in [-0.1, -0.05) is 158 Å². The molecule has 0 saturated heterocycles. The average Bonchev–Trinajstić information content (AvgIpc) is 3.61. The molecule has 0 fully saturated rings. The lowest BCUT2D eigenvalue weighted by Crippen LogP contribution is -1.96. The predicted molar refractivity (Wildman–Crippen MR) is 225 cm³/mol. The van der Waals surface area contributed by atoms with E-state index >= 15 is 0 Å². The number of rotatable bonds is 6. The highest BCUT2D eigenvalue weighted by molar-refractivity contribution is 6.10. The van der Waals surface area contributed by atoms with Gasteiger partial charge in [-0.25, -0.2) is 0 Å². The molecule has 0 bridgehead atoms. The van der Waals surface area contributed by atoms with Gasteiger partial charge in [0.25, 0.3) is 0 Å².